The van der Waals surface area contributed by atoms with Crippen LogP contribution in [0.15, 0.2) is 36.7 Å². The summed E-state index contributed by atoms with van der Waals surface area (Å²) in [7, 11) is 1.81. The summed E-state index contributed by atoms with van der Waals surface area (Å²) in [5.74, 6) is 0.156. The number of urea groups is 1. The highest BCUT2D eigenvalue weighted by atomic mass is 16.2. The highest BCUT2D eigenvalue weighted by molar-refractivity contribution is 6.12. The third kappa shape index (κ3) is 3.16. The smallest absolute Gasteiger partial charge is 0.321 e. The number of imidazole rings is 1. The second-order valence-corrected chi connectivity index (χ2v) is 7.12. The summed E-state index contributed by atoms with van der Waals surface area (Å²) in [5.41, 5.74) is 1.76. The van der Waals surface area contributed by atoms with Gasteiger partial charge in [0.05, 0.1) is 13.1 Å². The molecule has 8 heteroatoms. The maximum atomic E-state index is 12.7. The zero-order chi connectivity index (χ0) is 18.9. The van der Waals surface area contributed by atoms with Gasteiger partial charge in [-0.1, -0.05) is 30.3 Å². The van der Waals surface area contributed by atoms with Gasteiger partial charge in [-0.25, -0.2) is 10.1 Å². The fourth-order valence-corrected chi connectivity index (χ4v) is 3.87. The molecule has 3 amide bonds. The molecule has 8 nitrogen and oxygen atoms in total. The number of nitrogens with zero attached hydrogens (tertiary/aromatic N) is 4. The topological polar surface area (TPSA) is 79.3 Å². The number of aryl methyl sites for hydroxylation is 2. The van der Waals surface area contributed by atoms with Crippen molar-refractivity contribution in [2.75, 3.05) is 33.2 Å². The number of fused-ring (bicyclic) bond motifs is 1. The summed E-state index contributed by atoms with van der Waals surface area (Å²) in [6.45, 7) is 3.74. The predicted octanol–water partition coefficient (Wildman–Crippen LogP) is 1.14. The fraction of sp³-hybridized carbons (Fsp3) is 0.421. The number of imide groups is 1. The highest BCUT2D eigenvalue weighted by Gasteiger charge is 2.52. The van der Waals surface area contributed by atoms with Gasteiger partial charge in [0, 0.05) is 19.6 Å². The lowest BCUT2D eigenvalue weighted by Gasteiger charge is -2.41. The molecule has 2 aliphatic heterocycles. The molecule has 0 saturated carbocycles. The molecule has 0 spiro atoms. The Balaban J connectivity index is 1.57. The molecule has 142 valence electrons. The number of amides is 3. The SMILES string of the molecule is C[N+]1(N2CCNCC2)C(=O)NC(=O)c2c1ncn2CCCc1ccccc1. The summed E-state index contributed by atoms with van der Waals surface area (Å²) in [6, 6.07) is 9.93. The van der Waals surface area contributed by atoms with Crippen LogP contribution in [0.25, 0.3) is 0 Å². The minimum absolute atomic E-state index is 0.103. The lowest BCUT2D eigenvalue weighted by atomic mass is 10.1. The maximum absolute atomic E-state index is 12.7. The van der Waals surface area contributed by atoms with Crippen molar-refractivity contribution in [2.45, 2.75) is 19.4 Å². The Hall–Kier alpha value is -2.55. The minimum Gasteiger partial charge on any atom is -0.321 e. The van der Waals surface area contributed by atoms with E-state index in [9.17, 15) is 9.59 Å². The van der Waals surface area contributed by atoms with Gasteiger partial charge >= 0.3 is 6.03 Å². The standard InChI is InChI=1S/C19H24N6O2/c1-25(24-12-9-20-10-13-24)17-16(18(26)22-19(25)27)23(14-21-17)11-5-8-15-6-3-2-4-7-15/h2-4,6-7,14,20H,5,8-13H2,1H3/p+1. The van der Waals surface area contributed by atoms with Crippen molar-refractivity contribution in [2.24, 2.45) is 0 Å². The maximum Gasteiger partial charge on any atom is 0.449 e. The van der Waals surface area contributed by atoms with Gasteiger partial charge in [-0.3, -0.25) is 4.79 Å². The van der Waals surface area contributed by atoms with Crippen LogP contribution in [-0.2, 0) is 13.0 Å². The first-order valence-electron chi connectivity index (χ1n) is 9.39. The van der Waals surface area contributed by atoms with E-state index in [1.165, 1.54) is 5.56 Å². The number of hydrogen-bond donors (Lipinski definition) is 2. The Kier molecular flexibility index (Phi) is 4.77. The molecule has 1 saturated heterocycles. The monoisotopic (exact) mass is 369 g/mol. The molecular formula is C19H25N6O2+. The summed E-state index contributed by atoms with van der Waals surface area (Å²) in [4.78, 5) is 29.8. The van der Waals surface area contributed by atoms with E-state index >= 15 is 0 Å². The van der Waals surface area contributed by atoms with Crippen LogP contribution in [0.4, 0.5) is 10.6 Å². The van der Waals surface area contributed by atoms with E-state index in [4.69, 9.17) is 0 Å². The Morgan fingerprint density at radius 2 is 1.89 bits per heavy atom. The van der Waals surface area contributed by atoms with Gasteiger partial charge < -0.3 is 9.88 Å². The Bertz CT molecular complexity index is 843. The van der Waals surface area contributed by atoms with Gasteiger partial charge in [0.15, 0.2) is 5.69 Å². The van der Waals surface area contributed by atoms with E-state index in [2.05, 4.69) is 32.8 Å². The molecule has 1 unspecified atom stereocenters. The number of hydrogen-bond acceptors (Lipinski definition) is 5. The lowest BCUT2D eigenvalue weighted by Crippen LogP contribution is -2.71. The van der Waals surface area contributed by atoms with E-state index in [0.717, 1.165) is 39.0 Å². The largest absolute Gasteiger partial charge is 0.449 e. The molecule has 0 radical (unpaired) electrons. The molecule has 2 N–H and O–H groups in total. The van der Waals surface area contributed by atoms with Crippen molar-refractivity contribution in [3.63, 3.8) is 0 Å². The number of nitrogens with one attached hydrogen (secondary N) is 2. The molecular weight excluding hydrogens is 344 g/mol. The van der Waals surface area contributed by atoms with Crippen molar-refractivity contribution < 1.29 is 9.59 Å². The summed E-state index contributed by atoms with van der Waals surface area (Å²) < 4.78 is 1.77. The summed E-state index contributed by atoms with van der Waals surface area (Å²) >= 11 is 0. The average molecular weight is 369 g/mol. The van der Waals surface area contributed by atoms with Crippen molar-refractivity contribution in [1.82, 2.24) is 29.8 Å². The van der Waals surface area contributed by atoms with Crippen molar-refractivity contribution in [3.8, 4) is 0 Å². The number of carbonyl (C=O) groups excluding carboxylic acids is 2. The Morgan fingerprint density at radius 3 is 2.63 bits per heavy atom. The minimum atomic E-state index is -0.363. The van der Waals surface area contributed by atoms with E-state index in [0.29, 0.717) is 18.1 Å². The average Bonchev–Trinajstić information content (AvgIpc) is 3.13. The highest BCUT2D eigenvalue weighted by Crippen LogP contribution is 2.31. The molecule has 1 aromatic carbocycles. The quantitative estimate of drug-likeness (QED) is 0.773. The normalized spacial score (nSPS) is 23.1. The fourth-order valence-electron chi connectivity index (χ4n) is 3.87. The van der Waals surface area contributed by atoms with E-state index in [1.807, 2.05) is 29.8 Å². The molecule has 1 aromatic heterocycles. The zero-order valence-corrected chi connectivity index (χ0v) is 15.5. The summed E-state index contributed by atoms with van der Waals surface area (Å²) in [6.07, 6.45) is 3.51. The van der Waals surface area contributed by atoms with Crippen LogP contribution < -0.4 is 15.2 Å². The molecule has 2 aliphatic rings. The summed E-state index contributed by atoms with van der Waals surface area (Å²) in [5, 5.41) is 7.87. The van der Waals surface area contributed by atoms with E-state index in [1.54, 1.807) is 6.33 Å². The van der Waals surface area contributed by atoms with Crippen LogP contribution >= 0.6 is 0 Å². The molecule has 3 heterocycles. The third-order valence-electron chi connectivity index (χ3n) is 5.43. The van der Waals surface area contributed by atoms with Gasteiger partial charge in [0.1, 0.15) is 13.4 Å². The molecule has 1 fully saturated rings. The van der Waals surface area contributed by atoms with Crippen LogP contribution in [0.3, 0.4) is 0 Å². The number of carbonyl (C=O) groups is 2. The van der Waals surface area contributed by atoms with Crippen LogP contribution in [-0.4, -0.2) is 59.7 Å². The van der Waals surface area contributed by atoms with Crippen molar-refractivity contribution in [1.29, 1.82) is 0 Å². The molecule has 4 rings (SSSR count). The second-order valence-electron chi connectivity index (χ2n) is 7.12. The first kappa shape index (κ1) is 17.8. The van der Waals surface area contributed by atoms with Gasteiger partial charge in [-0.2, -0.15) is 4.98 Å². The Labute approximate surface area is 158 Å². The third-order valence-corrected chi connectivity index (χ3v) is 5.43. The Morgan fingerprint density at radius 1 is 1.15 bits per heavy atom. The molecule has 0 bridgehead atoms. The van der Waals surface area contributed by atoms with Crippen molar-refractivity contribution in [3.05, 3.63) is 47.9 Å². The van der Waals surface area contributed by atoms with Crippen LogP contribution in [0.1, 0.15) is 22.5 Å². The number of quaternary nitrogens is 1. The van der Waals surface area contributed by atoms with Gasteiger partial charge in [0.25, 0.3) is 11.7 Å². The first-order chi connectivity index (χ1) is 13.1. The first-order valence-corrected chi connectivity index (χ1v) is 9.39. The van der Waals surface area contributed by atoms with Gasteiger partial charge in [-0.05, 0) is 18.4 Å². The lowest BCUT2D eigenvalue weighted by molar-refractivity contribution is 0.0233. The number of benzene rings is 1. The molecule has 1 atom stereocenters. The number of rotatable bonds is 5. The zero-order valence-electron chi connectivity index (χ0n) is 15.5. The van der Waals surface area contributed by atoms with Gasteiger partial charge in [-0.15, -0.1) is 9.60 Å². The second kappa shape index (κ2) is 7.22. The van der Waals surface area contributed by atoms with E-state index in [-0.39, 0.29) is 16.5 Å². The van der Waals surface area contributed by atoms with Crippen LogP contribution in [0.2, 0.25) is 0 Å². The predicted molar refractivity (Wildman–Crippen MR) is 102 cm³/mol. The number of aromatic nitrogens is 2. The van der Waals surface area contributed by atoms with Crippen LogP contribution in [0, 0.1) is 0 Å². The molecule has 27 heavy (non-hydrogen) atoms. The van der Waals surface area contributed by atoms with Gasteiger partial charge in [0.2, 0.25) is 0 Å². The molecule has 2 aromatic rings. The van der Waals surface area contributed by atoms with E-state index < -0.39 is 0 Å². The molecule has 0 aliphatic carbocycles. The van der Waals surface area contributed by atoms with Crippen LogP contribution in [0.5, 0.6) is 0 Å². The number of piperazine rings is 1. The van der Waals surface area contributed by atoms with Crippen molar-refractivity contribution >= 4 is 17.8 Å².